The van der Waals surface area contributed by atoms with E-state index in [1.54, 1.807) is 18.5 Å². The van der Waals surface area contributed by atoms with Gasteiger partial charge in [0.1, 0.15) is 5.00 Å². The maximum Gasteiger partial charge on any atom is 0.317 e. The molecule has 2 aromatic heterocycles. The van der Waals surface area contributed by atoms with Gasteiger partial charge in [0.2, 0.25) is 0 Å². The molecule has 0 radical (unpaired) electrons. The van der Waals surface area contributed by atoms with Gasteiger partial charge in [-0.05, 0) is 26.6 Å². The monoisotopic (exact) mass is 375 g/mol. The Bertz CT molecular complexity index is 819. The number of primary amides is 2. The molecule has 10 heteroatoms. The number of nitrogens with zero attached hydrogens (tertiary/aromatic N) is 4. The molecule has 138 valence electrons. The highest BCUT2D eigenvalue weighted by molar-refractivity contribution is 7.20. The van der Waals surface area contributed by atoms with Crippen molar-refractivity contribution in [2.45, 2.75) is 12.5 Å². The number of thiophene rings is 1. The smallest absolute Gasteiger partial charge is 0.317 e. The topological polar surface area (TPSA) is 130 Å². The minimum atomic E-state index is -0.762. The van der Waals surface area contributed by atoms with Crippen molar-refractivity contribution in [3.8, 4) is 10.7 Å². The summed E-state index contributed by atoms with van der Waals surface area (Å²) in [6.45, 7) is 1.90. The van der Waals surface area contributed by atoms with Gasteiger partial charge in [-0.25, -0.2) is 14.8 Å². The molecule has 1 atom stereocenters. The summed E-state index contributed by atoms with van der Waals surface area (Å²) < 4.78 is 0. The average Bonchev–Trinajstić information content (AvgIpc) is 3.21. The lowest BCUT2D eigenvalue weighted by Crippen LogP contribution is -2.31. The summed E-state index contributed by atoms with van der Waals surface area (Å²) in [6, 6.07) is 1.32. The molecule has 1 unspecified atom stereocenters. The van der Waals surface area contributed by atoms with E-state index in [2.05, 4.69) is 39.2 Å². The Balaban J connectivity index is 1.81. The van der Waals surface area contributed by atoms with Gasteiger partial charge >= 0.3 is 6.03 Å². The van der Waals surface area contributed by atoms with Gasteiger partial charge < -0.3 is 21.3 Å². The van der Waals surface area contributed by atoms with E-state index in [-0.39, 0.29) is 5.56 Å². The number of nitrogens with two attached hydrogens (primary N) is 2. The fourth-order valence-electron chi connectivity index (χ4n) is 2.90. The third kappa shape index (κ3) is 3.75. The Kier molecular flexibility index (Phi) is 5.05. The van der Waals surface area contributed by atoms with Crippen LogP contribution in [-0.2, 0) is 0 Å². The molecule has 0 bridgehead atoms. The zero-order chi connectivity index (χ0) is 18.8. The molecule has 0 spiro atoms. The number of hydrogen-bond acceptors (Lipinski definition) is 7. The highest BCUT2D eigenvalue weighted by Gasteiger charge is 2.24. The molecule has 1 aliphatic heterocycles. The first-order valence-electron chi connectivity index (χ1n) is 8.09. The van der Waals surface area contributed by atoms with Crippen molar-refractivity contribution in [1.29, 1.82) is 0 Å². The average molecular weight is 375 g/mol. The number of rotatable bonds is 5. The predicted octanol–water partition coefficient (Wildman–Crippen LogP) is 0.935. The molecule has 2 aromatic rings. The van der Waals surface area contributed by atoms with E-state index in [0.717, 1.165) is 36.5 Å². The summed E-state index contributed by atoms with van der Waals surface area (Å²) in [7, 11) is 4.16. The van der Waals surface area contributed by atoms with Crippen molar-refractivity contribution in [3.05, 3.63) is 24.0 Å². The first kappa shape index (κ1) is 18.1. The van der Waals surface area contributed by atoms with Crippen LogP contribution in [0.4, 0.5) is 15.5 Å². The minimum absolute atomic E-state index is 0.185. The number of hydrogen-bond donors (Lipinski definition) is 3. The van der Waals surface area contributed by atoms with Crippen molar-refractivity contribution < 1.29 is 9.59 Å². The highest BCUT2D eigenvalue weighted by Crippen LogP contribution is 2.34. The summed E-state index contributed by atoms with van der Waals surface area (Å²) in [5, 5.41) is 2.70. The van der Waals surface area contributed by atoms with Crippen LogP contribution in [0.15, 0.2) is 18.5 Å². The maximum atomic E-state index is 11.5. The summed E-state index contributed by atoms with van der Waals surface area (Å²) >= 11 is 1.15. The summed E-state index contributed by atoms with van der Waals surface area (Å²) in [5.74, 6) is -0.193. The molecule has 1 saturated heterocycles. The van der Waals surface area contributed by atoms with E-state index < -0.39 is 11.9 Å². The largest absolute Gasteiger partial charge is 0.367 e. The van der Waals surface area contributed by atoms with E-state index in [1.807, 2.05) is 0 Å². The van der Waals surface area contributed by atoms with Gasteiger partial charge in [-0.3, -0.25) is 10.1 Å². The molecule has 0 saturated carbocycles. The van der Waals surface area contributed by atoms with Gasteiger partial charge in [0.25, 0.3) is 5.91 Å². The predicted molar refractivity (Wildman–Crippen MR) is 101 cm³/mol. The Morgan fingerprint density at radius 1 is 1.31 bits per heavy atom. The normalized spacial score (nSPS) is 16.9. The van der Waals surface area contributed by atoms with Crippen LogP contribution in [0.1, 0.15) is 16.8 Å². The molecule has 1 fully saturated rings. The van der Waals surface area contributed by atoms with Gasteiger partial charge in [0.15, 0.2) is 5.82 Å². The second-order valence-corrected chi connectivity index (χ2v) is 7.38. The zero-order valence-corrected chi connectivity index (χ0v) is 15.4. The third-order valence-corrected chi connectivity index (χ3v) is 5.40. The van der Waals surface area contributed by atoms with Gasteiger partial charge in [-0.1, -0.05) is 0 Å². The number of likely N-dealkylation sites (N-methyl/N-ethyl adjacent to an activating group) is 1. The lowest BCUT2D eigenvalue weighted by Gasteiger charge is -2.21. The molecular weight excluding hydrogens is 354 g/mol. The van der Waals surface area contributed by atoms with Crippen LogP contribution in [0.2, 0.25) is 0 Å². The first-order valence-corrected chi connectivity index (χ1v) is 8.90. The Morgan fingerprint density at radius 3 is 2.54 bits per heavy atom. The van der Waals surface area contributed by atoms with Crippen LogP contribution < -0.4 is 21.7 Å². The fourth-order valence-corrected chi connectivity index (χ4v) is 3.91. The van der Waals surface area contributed by atoms with Crippen molar-refractivity contribution >= 4 is 34.0 Å². The van der Waals surface area contributed by atoms with E-state index in [0.29, 0.717) is 21.7 Å². The van der Waals surface area contributed by atoms with Crippen LogP contribution in [0.5, 0.6) is 0 Å². The number of aromatic nitrogens is 2. The van der Waals surface area contributed by atoms with E-state index in [9.17, 15) is 9.59 Å². The van der Waals surface area contributed by atoms with E-state index in [1.165, 1.54) is 0 Å². The highest BCUT2D eigenvalue weighted by atomic mass is 32.1. The van der Waals surface area contributed by atoms with Crippen LogP contribution in [0, 0.1) is 0 Å². The number of anilines is 2. The molecule has 0 aliphatic carbocycles. The van der Waals surface area contributed by atoms with Crippen molar-refractivity contribution in [3.63, 3.8) is 0 Å². The van der Waals surface area contributed by atoms with Gasteiger partial charge in [-0.15, -0.1) is 11.3 Å². The number of urea groups is 1. The van der Waals surface area contributed by atoms with E-state index in [4.69, 9.17) is 11.5 Å². The Labute approximate surface area is 155 Å². The quantitative estimate of drug-likeness (QED) is 0.713. The standard InChI is InChI=1S/C16H21N7O2S/c1-22(2)9-3-4-23(8-9)10-6-19-14(20-7-10)12-5-11(13(17)24)15(26-12)21-16(18)25/h5-7,9H,3-4,8H2,1-2H3,(H2,17,24)(H3,18,21,25). The molecule has 0 aromatic carbocycles. The summed E-state index contributed by atoms with van der Waals surface area (Å²) in [6.07, 6.45) is 4.64. The van der Waals surface area contributed by atoms with Crippen molar-refractivity contribution in [2.75, 3.05) is 37.4 Å². The van der Waals surface area contributed by atoms with Crippen LogP contribution >= 0.6 is 11.3 Å². The molecule has 26 heavy (non-hydrogen) atoms. The lowest BCUT2D eigenvalue weighted by atomic mass is 10.2. The maximum absolute atomic E-state index is 11.5. The zero-order valence-electron chi connectivity index (χ0n) is 14.6. The molecule has 1 aliphatic rings. The fraction of sp³-hybridized carbons (Fsp3) is 0.375. The molecule has 3 heterocycles. The lowest BCUT2D eigenvalue weighted by molar-refractivity contribution is 0.100. The van der Waals surface area contributed by atoms with Gasteiger partial charge in [0.05, 0.1) is 28.5 Å². The number of amides is 3. The van der Waals surface area contributed by atoms with Crippen LogP contribution in [-0.4, -0.2) is 60.0 Å². The van der Waals surface area contributed by atoms with Crippen molar-refractivity contribution in [2.24, 2.45) is 11.5 Å². The first-order chi connectivity index (χ1) is 12.3. The number of nitrogens with one attached hydrogen (secondary N) is 1. The van der Waals surface area contributed by atoms with E-state index >= 15 is 0 Å². The SMILES string of the molecule is CN(C)C1CCN(c2cnc(-c3cc(C(N)=O)c(NC(N)=O)s3)nc2)C1. The second-order valence-electron chi connectivity index (χ2n) is 6.32. The summed E-state index contributed by atoms with van der Waals surface area (Å²) in [4.78, 5) is 36.5. The molecule has 3 rings (SSSR count). The van der Waals surface area contributed by atoms with Crippen molar-refractivity contribution in [1.82, 2.24) is 14.9 Å². The van der Waals surface area contributed by atoms with Gasteiger partial charge in [0, 0.05) is 19.1 Å². The second kappa shape index (κ2) is 7.26. The summed E-state index contributed by atoms with van der Waals surface area (Å²) in [5.41, 5.74) is 11.6. The van der Waals surface area contributed by atoms with Crippen LogP contribution in [0.25, 0.3) is 10.7 Å². The third-order valence-electron chi connectivity index (χ3n) is 4.35. The molecule has 5 N–H and O–H groups in total. The Hall–Kier alpha value is -2.72. The Morgan fingerprint density at radius 2 is 2.00 bits per heavy atom. The number of carbonyl (C=O) groups excluding carboxylic acids is 2. The molecule has 3 amide bonds. The van der Waals surface area contributed by atoms with Crippen LogP contribution in [0.3, 0.4) is 0 Å². The van der Waals surface area contributed by atoms with Gasteiger partial charge in [-0.2, -0.15) is 0 Å². The number of carbonyl (C=O) groups is 2. The molecular formula is C16H21N7O2S. The molecule has 9 nitrogen and oxygen atoms in total. The minimum Gasteiger partial charge on any atom is -0.367 e.